The second-order valence-corrected chi connectivity index (χ2v) is 7.36. The maximum Gasteiger partial charge on any atom is 0.486 e. The fraction of sp³-hybridized carbons (Fsp3) is 0.818. The van der Waals surface area contributed by atoms with Crippen LogP contribution in [0.25, 0.3) is 0 Å². The summed E-state index contributed by atoms with van der Waals surface area (Å²) in [5, 5.41) is 0. The number of hydrogen-bond acceptors (Lipinski definition) is 2. The number of hydrogen-bond donors (Lipinski definition) is 0. The van der Waals surface area contributed by atoms with Crippen molar-refractivity contribution in [3.8, 4) is 0 Å². The van der Waals surface area contributed by atoms with Crippen molar-refractivity contribution in [1.82, 2.24) is 0 Å². The van der Waals surface area contributed by atoms with Crippen molar-refractivity contribution >= 4 is 23.0 Å². The van der Waals surface area contributed by atoms with Gasteiger partial charge in [-0.15, -0.1) is 0 Å². The van der Waals surface area contributed by atoms with E-state index in [9.17, 15) is 0 Å². The number of alkyl halides is 1. The molecule has 1 aliphatic rings. The van der Waals surface area contributed by atoms with Crippen molar-refractivity contribution in [3.05, 3.63) is 12.1 Å². The third kappa shape index (κ3) is 5.18. The van der Waals surface area contributed by atoms with E-state index in [0.717, 1.165) is 6.42 Å². The third-order valence-corrected chi connectivity index (χ3v) is 2.49. The largest absolute Gasteiger partial charge is 0.486 e. The van der Waals surface area contributed by atoms with E-state index < -0.39 is 0 Å². The van der Waals surface area contributed by atoms with E-state index in [2.05, 4.69) is 56.6 Å². The van der Waals surface area contributed by atoms with Crippen LogP contribution in [0.5, 0.6) is 0 Å². The molecule has 1 rings (SSSR count). The van der Waals surface area contributed by atoms with Gasteiger partial charge in [0.05, 0.1) is 5.60 Å². The molecule has 1 aliphatic heterocycles. The minimum atomic E-state index is -0.222. The first kappa shape index (κ1) is 13.3. The minimum Gasteiger partial charge on any atom is -0.405 e. The van der Waals surface area contributed by atoms with Crippen LogP contribution in [0.1, 0.15) is 41.0 Å². The highest BCUT2D eigenvalue weighted by Crippen LogP contribution is 2.27. The smallest absolute Gasteiger partial charge is 0.405 e. The number of allylic oxidation sites excluding steroid dienone is 1. The topological polar surface area (TPSA) is 18.5 Å². The summed E-state index contributed by atoms with van der Waals surface area (Å²) in [5.41, 5.74) is -0.0941. The van der Waals surface area contributed by atoms with Crippen molar-refractivity contribution in [2.45, 2.75) is 57.1 Å². The maximum atomic E-state index is 5.81. The van der Waals surface area contributed by atoms with E-state index in [1.54, 1.807) is 0 Å². The van der Waals surface area contributed by atoms with Gasteiger partial charge in [0.1, 0.15) is 0 Å². The fourth-order valence-corrected chi connectivity index (χ4v) is 1.90. The lowest BCUT2D eigenvalue weighted by atomic mass is 9.82. The van der Waals surface area contributed by atoms with Crippen LogP contribution in [-0.4, -0.2) is 23.1 Å². The molecule has 0 spiro atoms. The molecule has 0 saturated carbocycles. The summed E-state index contributed by atoms with van der Waals surface area (Å²) in [6, 6.07) is 0. The van der Waals surface area contributed by atoms with Gasteiger partial charge in [-0.1, -0.05) is 28.0 Å². The molecule has 15 heavy (non-hydrogen) atoms. The molecule has 1 unspecified atom stereocenters. The predicted molar refractivity (Wildman–Crippen MR) is 68.2 cm³/mol. The monoisotopic (exact) mass is 274 g/mol. The van der Waals surface area contributed by atoms with E-state index in [-0.39, 0.29) is 23.1 Å². The standard InChI is InChI=1S/C11H20BBrO2/c1-9-8-11(4,5)15-12(14-9)7-6-10(2,3)13/h6-7,9H,8H2,1-5H3/b7-6+. The van der Waals surface area contributed by atoms with Gasteiger partial charge in [0, 0.05) is 10.4 Å². The Hall–Kier alpha value is 0.205. The minimum absolute atomic E-state index is 0.00938. The van der Waals surface area contributed by atoms with Crippen molar-refractivity contribution in [2.24, 2.45) is 0 Å². The van der Waals surface area contributed by atoms with Gasteiger partial charge in [0.15, 0.2) is 0 Å². The molecule has 0 aliphatic carbocycles. The average molecular weight is 275 g/mol. The molecule has 1 heterocycles. The van der Waals surface area contributed by atoms with Gasteiger partial charge in [-0.2, -0.15) is 0 Å². The Morgan fingerprint density at radius 2 is 2.07 bits per heavy atom. The van der Waals surface area contributed by atoms with Crippen molar-refractivity contribution in [3.63, 3.8) is 0 Å². The van der Waals surface area contributed by atoms with Crippen LogP contribution in [0, 0.1) is 0 Å². The van der Waals surface area contributed by atoms with Crippen LogP contribution in [0.2, 0.25) is 0 Å². The molecular formula is C11H20BBrO2. The zero-order chi connectivity index (χ0) is 11.7. The fourth-order valence-electron chi connectivity index (χ4n) is 1.75. The lowest BCUT2D eigenvalue weighted by Gasteiger charge is -2.37. The van der Waals surface area contributed by atoms with Gasteiger partial charge in [0.2, 0.25) is 0 Å². The molecular weight excluding hydrogens is 255 g/mol. The summed E-state index contributed by atoms with van der Waals surface area (Å²) < 4.78 is 11.5. The van der Waals surface area contributed by atoms with Gasteiger partial charge in [-0.05, 0) is 41.0 Å². The molecule has 2 nitrogen and oxygen atoms in total. The second-order valence-electron chi connectivity index (χ2n) is 5.32. The maximum absolute atomic E-state index is 5.81. The van der Waals surface area contributed by atoms with Crippen LogP contribution < -0.4 is 0 Å². The Morgan fingerprint density at radius 3 is 2.53 bits per heavy atom. The van der Waals surface area contributed by atoms with Crippen LogP contribution in [0.4, 0.5) is 0 Å². The normalized spacial score (nSPS) is 27.3. The molecule has 1 saturated heterocycles. The highest BCUT2D eigenvalue weighted by Gasteiger charge is 2.35. The Kier molecular flexibility index (Phi) is 4.07. The van der Waals surface area contributed by atoms with E-state index in [1.165, 1.54) is 0 Å². The van der Waals surface area contributed by atoms with Gasteiger partial charge in [-0.25, -0.2) is 0 Å². The first-order chi connectivity index (χ1) is 6.68. The van der Waals surface area contributed by atoms with Crippen molar-refractivity contribution in [1.29, 1.82) is 0 Å². The molecule has 0 aromatic carbocycles. The molecule has 86 valence electrons. The Bertz CT molecular complexity index is 245. The summed E-state index contributed by atoms with van der Waals surface area (Å²) in [7, 11) is -0.222. The molecule has 1 fully saturated rings. The van der Waals surface area contributed by atoms with E-state index in [0.29, 0.717) is 0 Å². The lowest BCUT2D eigenvalue weighted by molar-refractivity contribution is -0.0236. The lowest BCUT2D eigenvalue weighted by Crippen LogP contribution is -2.45. The van der Waals surface area contributed by atoms with E-state index >= 15 is 0 Å². The van der Waals surface area contributed by atoms with Gasteiger partial charge in [-0.3, -0.25) is 0 Å². The summed E-state index contributed by atoms with van der Waals surface area (Å²) in [5.74, 6) is 1.98. The first-order valence-corrected chi connectivity index (χ1v) is 6.19. The van der Waals surface area contributed by atoms with Crippen LogP contribution >= 0.6 is 15.9 Å². The zero-order valence-corrected chi connectivity index (χ0v) is 11.8. The Balaban J connectivity index is 2.60. The highest BCUT2D eigenvalue weighted by atomic mass is 79.9. The quantitative estimate of drug-likeness (QED) is 0.568. The number of halogens is 1. The van der Waals surface area contributed by atoms with Crippen molar-refractivity contribution in [2.75, 3.05) is 0 Å². The molecule has 0 N–H and O–H groups in total. The molecule has 4 heteroatoms. The predicted octanol–water partition coefficient (Wildman–Crippen LogP) is 3.35. The SMILES string of the molecule is CC1CC(C)(C)OB(/C=C/C(C)(C)Br)O1. The Morgan fingerprint density at radius 1 is 1.47 bits per heavy atom. The molecule has 0 bridgehead atoms. The summed E-state index contributed by atoms with van der Waals surface area (Å²) >= 11 is 3.55. The summed E-state index contributed by atoms with van der Waals surface area (Å²) in [6.07, 6.45) is 3.25. The second kappa shape index (κ2) is 4.60. The number of rotatable bonds is 2. The summed E-state index contributed by atoms with van der Waals surface area (Å²) in [4.78, 5) is 0. The van der Waals surface area contributed by atoms with Gasteiger partial charge in [0.25, 0.3) is 0 Å². The highest BCUT2D eigenvalue weighted by molar-refractivity contribution is 9.10. The molecule has 0 aromatic heterocycles. The van der Waals surface area contributed by atoms with Crippen molar-refractivity contribution < 1.29 is 9.31 Å². The van der Waals surface area contributed by atoms with E-state index in [1.807, 2.05) is 5.98 Å². The Labute approximate surface area is 102 Å². The van der Waals surface area contributed by atoms with Gasteiger partial charge >= 0.3 is 7.12 Å². The molecule has 0 radical (unpaired) electrons. The van der Waals surface area contributed by atoms with Crippen LogP contribution in [-0.2, 0) is 9.31 Å². The van der Waals surface area contributed by atoms with Crippen LogP contribution in [0.15, 0.2) is 12.1 Å². The zero-order valence-electron chi connectivity index (χ0n) is 10.2. The van der Waals surface area contributed by atoms with Gasteiger partial charge < -0.3 is 9.31 Å². The average Bonchev–Trinajstić information content (AvgIpc) is 1.95. The molecule has 1 atom stereocenters. The van der Waals surface area contributed by atoms with E-state index in [4.69, 9.17) is 9.31 Å². The molecule has 0 aromatic rings. The first-order valence-electron chi connectivity index (χ1n) is 5.39. The molecule has 0 amide bonds. The summed E-state index contributed by atoms with van der Waals surface area (Å²) in [6.45, 7) is 10.5. The van der Waals surface area contributed by atoms with Crippen LogP contribution in [0.3, 0.4) is 0 Å². The third-order valence-electron chi connectivity index (χ3n) is 2.23.